The van der Waals surface area contributed by atoms with Gasteiger partial charge in [-0.25, -0.2) is 0 Å². The summed E-state index contributed by atoms with van der Waals surface area (Å²) >= 11 is 0. The van der Waals surface area contributed by atoms with Crippen LogP contribution in [0.5, 0.6) is 11.5 Å². The summed E-state index contributed by atoms with van der Waals surface area (Å²) in [5.41, 5.74) is -0.807. The van der Waals surface area contributed by atoms with Crippen LogP contribution in [0.25, 0.3) is 0 Å². The molecule has 1 saturated carbocycles. The number of hydrogen-bond donors (Lipinski definition) is 0. The zero-order chi connectivity index (χ0) is 15.5. The Kier molecular flexibility index (Phi) is 4.29. The van der Waals surface area contributed by atoms with Gasteiger partial charge in [-0.2, -0.15) is 0 Å². The number of carbonyl (C=O) groups is 1. The topological polar surface area (TPSA) is 44.8 Å². The Labute approximate surface area is 119 Å². The molecule has 0 saturated heterocycles. The van der Waals surface area contributed by atoms with Gasteiger partial charge in [-0.3, -0.25) is 4.79 Å². The highest BCUT2D eigenvalue weighted by Crippen LogP contribution is 2.43. The molecule has 1 aliphatic carbocycles. The van der Waals surface area contributed by atoms with Crippen molar-refractivity contribution in [2.75, 3.05) is 7.11 Å². The molecule has 0 atom stereocenters. The van der Waals surface area contributed by atoms with Crippen molar-refractivity contribution >= 4 is 5.97 Å². The summed E-state index contributed by atoms with van der Waals surface area (Å²) in [6.07, 6.45) is -2.78. The SMILES string of the molecule is COC(=O)CC1(Oc2ccccc2OC(F)(F)F)CCC1. The van der Waals surface area contributed by atoms with Crippen molar-refractivity contribution in [1.29, 1.82) is 0 Å². The van der Waals surface area contributed by atoms with Gasteiger partial charge in [0.15, 0.2) is 11.5 Å². The van der Waals surface area contributed by atoms with Crippen LogP contribution in [0, 0.1) is 0 Å². The fourth-order valence-electron chi connectivity index (χ4n) is 2.20. The lowest BCUT2D eigenvalue weighted by Gasteiger charge is -2.41. The van der Waals surface area contributed by atoms with Crippen molar-refractivity contribution in [2.45, 2.75) is 37.6 Å². The number of benzene rings is 1. The largest absolute Gasteiger partial charge is 0.573 e. The molecule has 0 radical (unpaired) electrons. The first kappa shape index (κ1) is 15.5. The van der Waals surface area contributed by atoms with Crippen molar-refractivity contribution in [3.63, 3.8) is 0 Å². The van der Waals surface area contributed by atoms with E-state index in [9.17, 15) is 18.0 Å². The lowest BCUT2D eigenvalue weighted by molar-refractivity contribution is -0.275. The normalized spacial score (nSPS) is 16.8. The Morgan fingerprint density at radius 3 is 2.33 bits per heavy atom. The molecule has 0 N–H and O–H groups in total. The summed E-state index contributed by atoms with van der Waals surface area (Å²) in [5, 5.41) is 0. The quantitative estimate of drug-likeness (QED) is 0.782. The maximum Gasteiger partial charge on any atom is 0.573 e. The van der Waals surface area contributed by atoms with Gasteiger partial charge in [0.25, 0.3) is 0 Å². The van der Waals surface area contributed by atoms with Crippen LogP contribution in [0.3, 0.4) is 0 Å². The monoisotopic (exact) mass is 304 g/mol. The Balaban J connectivity index is 2.16. The molecule has 1 aromatic rings. The van der Waals surface area contributed by atoms with E-state index < -0.39 is 23.7 Å². The molecule has 4 nitrogen and oxygen atoms in total. The van der Waals surface area contributed by atoms with Gasteiger partial charge in [-0.05, 0) is 31.4 Å². The molecule has 1 fully saturated rings. The van der Waals surface area contributed by atoms with E-state index in [-0.39, 0.29) is 12.2 Å². The number of ether oxygens (including phenoxy) is 3. The molecule has 7 heteroatoms. The van der Waals surface area contributed by atoms with Crippen LogP contribution in [0.4, 0.5) is 13.2 Å². The van der Waals surface area contributed by atoms with Crippen LogP contribution in [-0.4, -0.2) is 25.0 Å². The number of esters is 1. The summed E-state index contributed by atoms with van der Waals surface area (Å²) in [4.78, 5) is 11.4. The molecule has 1 aliphatic rings. The van der Waals surface area contributed by atoms with Crippen LogP contribution in [0.1, 0.15) is 25.7 Å². The van der Waals surface area contributed by atoms with Crippen molar-refractivity contribution < 1.29 is 32.2 Å². The molecule has 21 heavy (non-hydrogen) atoms. The standard InChI is InChI=1S/C14H15F3O4/c1-19-12(18)9-13(7-4-8-13)20-10-5-2-3-6-11(10)21-14(15,16)17/h2-3,5-6H,4,7-9H2,1H3. The second-order valence-corrected chi connectivity index (χ2v) is 4.89. The average molecular weight is 304 g/mol. The van der Waals surface area contributed by atoms with E-state index in [1.807, 2.05) is 0 Å². The molecule has 0 bridgehead atoms. The fourth-order valence-corrected chi connectivity index (χ4v) is 2.20. The van der Waals surface area contributed by atoms with Gasteiger partial charge in [0, 0.05) is 0 Å². The molecular weight excluding hydrogens is 289 g/mol. The van der Waals surface area contributed by atoms with Gasteiger partial charge in [0.05, 0.1) is 13.5 Å². The van der Waals surface area contributed by atoms with Crippen molar-refractivity contribution in [3.8, 4) is 11.5 Å². The van der Waals surface area contributed by atoms with Crippen LogP contribution in [-0.2, 0) is 9.53 Å². The molecule has 0 aliphatic heterocycles. The molecule has 1 aromatic carbocycles. The second-order valence-electron chi connectivity index (χ2n) is 4.89. The minimum Gasteiger partial charge on any atom is -0.483 e. The molecule has 0 heterocycles. The van der Waals surface area contributed by atoms with Gasteiger partial charge in [0.2, 0.25) is 0 Å². The summed E-state index contributed by atoms with van der Waals surface area (Å²) in [6, 6.07) is 5.52. The smallest absolute Gasteiger partial charge is 0.483 e. The second kappa shape index (κ2) is 5.83. The molecule has 0 amide bonds. The number of alkyl halides is 3. The van der Waals surface area contributed by atoms with Crippen LogP contribution in [0.2, 0.25) is 0 Å². The minimum absolute atomic E-state index is 0.00382. The van der Waals surface area contributed by atoms with Crippen molar-refractivity contribution in [3.05, 3.63) is 24.3 Å². The lowest BCUT2D eigenvalue weighted by atomic mass is 9.77. The third kappa shape index (κ3) is 4.03. The zero-order valence-corrected chi connectivity index (χ0v) is 11.4. The first-order chi connectivity index (χ1) is 9.84. The molecule has 116 valence electrons. The molecular formula is C14H15F3O4. The Hall–Kier alpha value is -1.92. The third-order valence-corrected chi connectivity index (χ3v) is 3.36. The highest BCUT2D eigenvalue weighted by Gasteiger charge is 2.43. The third-order valence-electron chi connectivity index (χ3n) is 3.36. The van der Waals surface area contributed by atoms with E-state index in [2.05, 4.69) is 9.47 Å². The Morgan fingerprint density at radius 1 is 1.24 bits per heavy atom. The Bertz CT molecular complexity index is 509. The average Bonchev–Trinajstić information content (AvgIpc) is 2.36. The fraction of sp³-hybridized carbons (Fsp3) is 0.500. The van der Waals surface area contributed by atoms with Crippen LogP contribution >= 0.6 is 0 Å². The summed E-state index contributed by atoms with van der Waals surface area (Å²) < 4.78 is 51.3. The molecule has 0 spiro atoms. The highest BCUT2D eigenvalue weighted by molar-refractivity contribution is 5.70. The first-order valence-corrected chi connectivity index (χ1v) is 6.44. The summed E-state index contributed by atoms with van der Waals surface area (Å²) in [5.74, 6) is -0.900. The molecule has 0 unspecified atom stereocenters. The highest BCUT2D eigenvalue weighted by atomic mass is 19.4. The van der Waals surface area contributed by atoms with Crippen LogP contribution in [0.15, 0.2) is 24.3 Å². The summed E-state index contributed by atoms with van der Waals surface area (Å²) in [6.45, 7) is 0. The van der Waals surface area contributed by atoms with Crippen LogP contribution < -0.4 is 9.47 Å². The number of para-hydroxylation sites is 2. The van der Waals surface area contributed by atoms with E-state index >= 15 is 0 Å². The number of hydrogen-bond acceptors (Lipinski definition) is 4. The van der Waals surface area contributed by atoms with Crippen molar-refractivity contribution in [1.82, 2.24) is 0 Å². The Morgan fingerprint density at radius 2 is 1.86 bits per heavy atom. The van der Waals surface area contributed by atoms with Gasteiger partial charge in [-0.1, -0.05) is 12.1 Å². The van der Waals surface area contributed by atoms with E-state index in [1.54, 1.807) is 6.07 Å². The van der Waals surface area contributed by atoms with Gasteiger partial charge in [-0.15, -0.1) is 13.2 Å². The predicted octanol–water partition coefficient (Wildman–Crippen LogP) is 3.45. The predicted molar refractivity (Wildman–Crippen MR) is 67.0 cm³/mol. The van der Waals surface area contributed by atoms with Gasteiger partial charge >= 0.3 is 12.3 Å². The number of carbonyl (C=O) groups excluding carboxylic acids is 1. The maximum absolute atomic E-state index is 12.4. The lowest BCUT2D eigenvalue weighted by Crippen LogP contribution is -2.45. The van der Waals surface area contributed by atoms with Gasteiger partial charge < -0.3 is 14.2 Å². The van der Waals surface area contributed by atoms with E-state index in [0.29, 0.717) is 12.8 Å². The maximum atomic E-state index is 12.4. The molecule has 2 rings (SSSR count). The number of halogens is 3. The zero-order valence-electron chi connectivity index (χ0n) is 11.4. The van der Waals surface area contributed by atoms with Crippen molar-refractivity contribution in [2.24, 2.45) is 0 Å². The molecule has 0 aromatic heterocycles. The minimum atomic E-state index is -4.80. The summed E-state index contributed by atoms with van der Waals surface area (Å²) in [7, 11) is 1.26. The van der Waals surface area contributed by atoms with E-state index in [1.165, 1.54) is 25.3 Å². The first-order valence-electron chi connectivity index (χ1n) is 6.44. The van der Waals surface area contributed by atoms with Gasteiger partial charge in [0.1, 0.15) is 5.60 Å². The van der Waals surface area contributed by atoms with E-state index in [0.717, 1.165) is 6.42 Å². The number of methoxy groups -OCH3 is 1. The number of rotatable bonds is 5. The van der Waals surface area contributed by atoms with E-state index in [4.69, 9.17) is 4.74 Å².